The van der Waals surface area contributed by atoms with Crippen LogP contribution < -0.4 is 14.8 Å². The molecule has 7 atom stereocenters. The summed E-state index contributed by atoms with van der Waals surface area (Å²) in [6.07, 6.45) is 29.2. The number of amides is 1. The van der Waals surface area contributed by atoms with Crippen molar-refractivity contribution in [3.63, 3.8) is 0 Å². The Bertz CT molecular complexity index is 1540. The summed E-state index contributed by atoms with van der Waals surface area (Å²) < 4.78 is 26.5. The summed E-state index contributed by atoms with van der Waals surface area (Å²) in [4.78, 5) is 19.5. The van der Waals surface area contributed by atoms with E-state index in [1.54, 1.807) is 0 Å². The topological polar surface area (TPSA) is 128 Å². The van der Waals surface area contributed by atoms with Crippen molar-refractivity contribution >= 4 is 23.6 Å². The second-order valence-electron chi connectivity index (χ2n) is 18.2. The number of aliphatic hydroxyl groups excluding tert-OH is 2. The van der Waals surface area contributed by atoms with Crippen LogP contribution in [0.15, 0.2) is 47.7 Å². The van der Waals surface area contributed by atoms with E-state index in [4.69, 9.17) is 28.9 Å². The zero-order valence-corrected chi connectivity index (χ0v) is 38.2. The molecule has 3 aliphatic carbocycles. The molecule has 0 aromatic heterocycles. The largest absolute Gasteiger partial charge is 0.460 e. The Morgan fingerprint density at radius 3 is 2.36 bits per heavy atom. The molecule has 61 heavy (non-hydrogen) atoms. The Kier molecular flexibility index (Phi) is 20.1. The molecule has 0 radical (unpaired) electrons. The molecule has 342 valence electrons. The number of hydrogen-bond acceptors (Lipinski definition) is 10. The van der Waals surface area contributed by atoms with Crippen molar-refractivity contribution in [2.75, 3.05) is 33.0 Å². The molecule has 1 amide bonds. The summed E-state index contributed by atoms with van der Waals surface area (Å²) in [6, 6.07) is 5.86. The molecule has 1 saturated heterocycles. The highest BCUT2D eigenvalue weighted by Gasteiger charge is 2.64. The van der Waals surface area contributed by atoms with E-state index in [1.165, 1.54) is 77.0 Å². The van der Waals surface area contributed by atoms with Gasteiger partial charge in [-0.2, -0.15) is 0 Å². The van der Waals surface area contributed by atoms with Gasteiger partial charge in [0.1, 0.15) is 11.5 Å². The molecule has 1 aromatic rings. The third-order valence-corrected chi connectivity index (χ3v) is 15.4. The number of thioether (sulfide) groups is 1. The van der Waals surface area contributed by atoms with Crippen molar-refractivity contribution in [2.45, 2.75) is 190 Å². The van der Waals surface area contributed by atoms with Crippen LogP contribution in [0.2, 0.25) is 0 Å². The number of allylic oxidation sites excluding steroid dienone is 1. The van der Waals surface area contributed by atoms with Crippen LogP contribution >= 0.6 is 11.8 Å². The lowest BCUT2D eigenvalue weighted by atomic mass is 9.56. The monoisotopic (exact) mass is 867 g/mol. The molecule has 3 fully saturated rings. The van der Waals surface area contributed by atoms with E-state index in [-0.39, 0.29) is 48.4 Å². The lowest BCUT2D eigenvalue weighted by molar-refractivity contribution is -0.223. The van der Waals surface area contributed by atoms with E-state index in [2.05, 4.69) is 24.9 Å². The minimum absolute atomic E-state index is 0.0623. The van der Waals surface area contributed by atoms with Gasteiger partial charge in [-0.3, -0.25) is 0 Å². The predicted octanol–water partition coefficient (Wildman–Crippen LogP) is 11.5. The van der Waals surface area contributed by atoms with Gasteiger partial charge in [-0.25, -0.2) is 4.79 Å². The van der Waals surface area contributed by atoms with Gasteiger partial charge >= 0.3 is 6.09 Å². The van der Waals surface area contributed by atoms with Gasteiger partial charge in [-0.05, 0) is 93.4 Å². The van der Waals surface area contributed by atoms with Crippen LogP contribution in [0.5, 0.6) is 11.5 Å². The Morgan fingerprint density at radius 1 is 0.934 bits per heavy atom. The highest BCUT2D eigenvalue weighted by molar-refractivity contribution is 8.00. The standard InChI is InChI=1S/C50H78N2O8S/c1-3-5-6-7-8-9-10-11-12-18-29-51-49(55)58-38-27-28-44-42(35-38)47-40(25-16-20-31-54)37(22-15-19-30-53)34-41-43(52-60-46-26-17-21-33-56-46)36-45(61-39-23-13-14-24-39)50(59-44,48(41)47)57-32-4-2/h4,27-28,34-35,37,39-40,45-48,53-54H,2-3,5-26,29-33,36H2,1H3,(H,51,55)/t37-,40+,45-,46?,47+,48+,50+/m0/s1. The zero-order valence-electron chi connectivity index (χ0n) is 37.3. The summed E-state index contributed by atoms with van der Waals surface area (Å²) in [5.41, 5.74) is 3.05. The van der Waals surface area contributed by atoms with Gasteiger partial charge in [0.05, 0.1) is 30.1 Å². The van der Waals surface area contributed by atoms with Crippen LogP contribution in [0.3, 0.4) is 0 Å². The zero-order chi connectivity index (χ0) is 42.7. The third kappa shape index (κ3) is 13.2. The number of ether oxygens (including phenoxy) is 4. The van der Waals surface area contributed by atoms with E-state index >= 15 is 0 Å². The van der Waals surface area contributed by atoms with Gasteiger partial charge in [0, 0.05) is 49.3 Å². The van der Waals surface area contributed by atoms with Gasteiger partial charge in [-0.1, -0.05) is 108 Å². The number of rotatable bonds is 27. The molecule has 3 N–H and O–H groups in total. The number of unbranched alkanes of at least 4 members (excludes halogenated alkanes) is 11. The highest BCUT2D eigenvalue weighted by atomic mass is 32.2. The summed E-state index contributed by atoms with van der Waals surface area (Å²) in [5, 5.41) is 28.2. The average molecular weight is 867 g/mol. The summed E-state index contributed by atoms with van der Waals surface area (Å²) in [6.45, 7) is 8.23. The SMILES string of the molecule is C=CCO[C@@]12Oc3ccc(OC(=O)NCCCCCCCCCCCC)cc3[C@H]3[C@H](CCCCO)[C@@H](CCCCO)C=C(C(=NOC4CCCCO4)C[C@@H]1SC1CCCC1)[C@H]32. The molecule has 0 spiro atoms. The van der Waals surface area contributed by atoms with Crippen LogP contribution in [0, 0.1) is 17.8 Å². The molecule has 6 rings (SSSR count). The van der Waals surface area contributed by atoms with Gasteiger partial charge in [-0.15, -0.1) is 18.3 Å². The number of nitrogens with one attached hydrogen (secondary N) is 1. The number of nitrogens with zero attached hydrogens (tertiary/aromatic N) is 1. The number of carbonyl (C=O) groups excluding carboxylic acids is 1. The van der Waals surface area contributed by atoms with E-state index in [9.17, 15) is 15.0 Å². The maximum absolute atomic E-state index is 13.3. The molecule has 11 heteroatoms. The minimum atomic E-state index is -1.01. The van der Waals surface area contributed by atoms with Crippen LogP contribution in [-0.4, -0.2) is 77.6 Å². The fraction of sp³-hybridized carbons (Fsp3) is 0.760. The molecule has 1 unspecified atom stereocenters. The second kappa shape index (κ2) is 25.7. The second-order valence-corrected chi connectivity index (χ2v) is 19.7. The van der Waals surface area contributed by atoms with Crippen molar-refractivity contribution in [3.8, 4) is 11.5 Å². The minimum Gasteiger partial charge on any atom is -0.460 e. The predicted molar refractivity (Wildman–Crippen MR) is 245 cm³/mol. The van der Waals surface area contributed by atoms with E-state index < -0.39 is 11.9 Å². The van der Waals surface area contributed by atoms with E-state index in [0.717, 1.165) is 93.2 Å². The third-order valence-electron chi connectivity index (χ3n) is 13.7. The van der Waals surface area contributed by atoms with Gasteiger partial charge in [0.25, 0.3) is 0 Å². The molecule has 5 aliphatic rings. The lowest BCUT2D eigenvalue weighted by Gasteiger charge is -2.58. The van der Waals surface area contributed by atoms with Crippen LogP contribution in [0.1, 0.15) is 173 Å². The van der Waals surface area contributed by atoms with Crippen molar-refractivity contribution in [2.24, 2.45) is 22.9 Å². The van der Waals surface area contributed by atoms with Crippen molar-refractivity contribution in [1.29, 1.82) is 0 Å². The fourth-order valence-corrected chi connectivity index (χ4v) is 12.4. The number of carbonyl (C=O) groups is 1. The molecule has 2 aliphatic heterocycles. The first-order valence-corrected chi connectivity index (χ1v) is 25.4. The summed E-state index contributed by atoms with van der Waals surface area (Å²) in [5.74, 6) is 0.301. The van der Waals surface area contributed by atoms with Crippen LogP contribution in [0.4, 0.5) is 4.79 Å². The highest BCUT2D eigenvalue weighted by Crippen LogP contribution is 2.63. The molecule has 2 heterocycles. The van der Waals surface area contributed by atoms with Crippen LogP contribution in [0.25, 0.3) is 0 Å². The number of benzene rings is 1. The van der Waals surface area contributed by atoms with Gasteiger partial charge in [0.2, 0.25) is 12.1 Å². The van der Waals surface area contributed by atoms with Gasteiger partial charge < -0.3 is 39.3 Å². The lowest BCUT2D eigenvalue weighted by Crippen LogP contribution is -2.64. The maximum Gasteiger partial charge on any atom is 0.412 e. The smallest absolute Gasteiger partial charge is 0.412 e. The number of aliphatic hydroxyl groups is 2. The first-order valence-electron chi connectivity index (χ1n) is 24.5. The Morgan fingerprint density at radius 2 is 1.66 bits per heavy atom. The Balaban J connectivity index is 1.30. The van der Waals surface area contributed by atoms with Crippen molar-refractivity contribution in [3.05, 3.63) is 48.1 Å². The summed E-state index contributed by atoms with van der Waals surface area (Å²) >= 11 is 1.99. The Hall–Kier alpha value is -2.57. The average Bonchev–Trinajstić information content (AvgIpc) is 3.79. The summed E-state index contributed by atoms with van der Waals surface area (Å²) in [7, 11) is 0. The van der Waals surface area contributed by atoms with Crippen molar-refractivity contribution in [1.82, 2.24) is 5.32 Å². The van der Waals surface area contributed by atoms with E-state index in [0.29, 0.717) is 37.2 Å². The molecule has 1 aromatic carbocycles. The first-order chi connectivity index (χ1) is 30.0. The molecule has 10 nitrogen and oxygen atoms in total. The molecule has 0 bridgehead atoms. The quantitative estimate of drug-likeness (QED) is 0.0450. The van der Waals surface area contributed by atoms with Gasteiger partial charge in [0.15, 0.2) is 0 Å². The number of hydrogen-bond donors (Lipinski definition) is 3. The number of fused-ring (bicyclic) bond motifs is 2. The number of oxime groups is 1. The fourth-order valence-electron chi connectivity index (χ4n) is 10.6. The normalized spacial score (nSPS) is 27.8. The van der Waals surface area contributed by atoms with Crippen molar-refractivity contribution < 1.29 is 38.8 Å². The van der Waals surface area contributed by atoms with E-state index in [1.807, 2.05) is 36.0 Å². The molecule has 2 saturated carbocycles. The molecular formula is C50H78N2O8S. The maximum atomic E-state index is 13.3. The molecular weight excluding hydrogens is 789 g/mol. The van der Waals surface area contributed by atoms with Crippen LogP contribution in [-0.2, 0) is 14.3 Å². The Labute approximate surface area is 371 Å². The first kappa shape index (κ1) is 47.9.